The highest BCUT2D eigenvalue weighted by atomic mass is 79.9. The Morgan fingerprint density at radius 2 is 0.909 bits per heavy atom. The SMILES string of the molecule is CCC[n+]1ccc(C)cc1.CCC[n+]1ccc(C)cc1.[Br-].[Br-]. The molecular formula is C18H28Br2N2. The first-order valence-electron chi connectivity index (χ1n) is 7.57. The first-order valence-corrected chi connectivity index (χ1v) is 7.57. The molecule has 0 bridgehead atoms. The summed E-state index contributed by atoms with van der Waals surface area (Å²) in [6, 6.07) is 8.54. The average molecular weight is 432 g/mol. The van der Waals surface area contributed by atoms with Gasteiger partial charge in [-0.15, -0.1) is 0 Å². The zero-order valence-corrected chi connectivity index (χ0v) is 17.3. The van der Waals surface area contributed by atoms with E-state index in [1.807, 2.05) is 0 Å². The van der Waals surface area contributed by atoms with Crippen LogP contribution in [0.15, 0.2) is 49.1 Å². The molecule has 2 nitrogen and oxygen atoms in total. The van der Waals surface area contributed by atoms with Crippen LogP contribution in [0.1, 0.15) is 37.8 Å². The van der Waals surface area contributed by atoms with Crippen molar-refractivity contribution in [3.05, 3.63) is 60.2 Å². The topological polar surface area (TPSA) is 7.76 Å². The number of rotatable bonds is 4. The van der Waals surface area contributed by atoms with Crippen LogP contribution in [0.3, 0.4) is 0 Å². The zero-order valence-electron chi connectivity index (χ0n) is 14.1. The molecule has 2 heterocycles. The second-order valence-corrected chi connectivity index (χ2v) is 5.23. The van der Waals surface area contributed by atoms with Crippen molar-refractivity contribution in [2.75, 3.05) is 0 Å². The van der Waals surface area contributed by atoms with Gasteiger partial charge in [0.2, 0.25) is 0 Å². The summed E-state index contributed by atoms with van der Waals surface area (Å²) in [6.07, 6.45) is 10.9. The number of pyridine rings is 2. The molecule has 0 N–H and O–H groups in total. The van der Waals surface area contributed by atoms with E-state index in [0.717, 1.165) is 13.1 Å². The molecule has 2 rings (SSSR count). The van der Waals surface area contributed by atoms with E-state index in [1.165, 1.54) is 24.0 Å². The third kappa shape index (κ3) is 10.1. The summed E-state index contributed by atoms with van der Waals surface area (Å²) >= 11 is 0. The van der Waals surface area contributed by atoms with E-state index in [9.17, 15) is 0 Å². The molecule has 22 heavy (non-hydrogen) atoms. The van der Waals surface area contributed by atoms with Gasteiger partial charge in [-0.1, -0.05) is 13.8 Å². The Hall–Kier alpha value is -0.740. The van der Waals surface area contributed by atoms with Crippen LogP contribution >= 0.6 is 0 Å². The minimum Gasteiger partial charge on any atom is -1.00 e. The fourth-order valence-corrected chi connectivity index (χ4v) is 1.88. The van der Waals surface area contributed by atoms with Crippen LogP contribution in [0, 0.1) is 13.8 Å². The lowest BCUT2D eigenvalue weighted by Crippen LogP contribution is -3.00. The molecule has 0 radical (unpaired) electrons. The summed E-state index contributed by atoms with van der Waals surface area (Å²) in [5.41, 5.74) is 2.65. The Kier molecular flexibility index (Phi) is 14.9. The van der Waals surface area contributed by atoms with Crippen molar-refractivity contribution < 1.29 is 43.1 Å². The Bertz CT molecular complexity index is 434. The quantitative estimate of drug-likeness (QED) is 0.469. The maximum Gasteiger partial charge on any atom is 0.169 e. The Morgan fingerprint density at radius 1 is 0.636 bits per heavy atom. The first-order chi connectivity index (χ1) is 9.65. The molecule has 0 aliphatic rings. The van der Waals surface area contributed by atoms with Gasteiger partial charge < -0.3 is 34.0 Å². The van der Waals surface area contributed by atoms with Gasteiger partial charge in [-0.05, 0) is 25.0 Å². The maximum atomic E-state index is 2.20. The normalized spacial score (nSPS) is 8.91. The predicted molar refractivity (Wildman–Crippen MR) is 83.3 cm³/mol. The molecule has 124 valence electrons. The molecule has 0 saturated carbocycles. The van der Waals surface area contributed by atoms with Gasteiger partial charge in [0.25, 0.3) is 0 Å². The molecule has 0 unspecified atom stereocenters. The van der Waals surface area contributed by atoms with Crippen LogP contribution in [-0.2, 0) is 13.1 Å². The van der Waals surface area contributed by atoms with E-state index < -0.39 is 0 Å². The molecule has 0 fully saturated rings. The number of hydrogen-bond donors (Lipinski definition) is 0. The molecule has 0 saturated heterocycles. The third-order valence-corrected chi connectivity index (χ3v) is 3.08. The van der Waals surface area contributed by atoms with Crippen molar-refractivity contribution in [2.45, 2.75) is 53.6 Å². The van der Waals surface area contributed by atoms with Crippen molar-refractivity contribution in [1.29, 1.82) is 0 Å². The molecule has 0 amide bonds. The van der Waals surface area contributed by atoms with Gasteiger partial charge in [0, 0.05) is 37.1 Å². The van der Waals surface area contributed by atoms with Gasteiger partial charge in [0.15, 0.2) is 24.8 Å². The second kappa shape index (κ2) is 13.9. The lowest BCUT2D eigenvalue weighted by atomic mass is 10.3. The lowest BCUT2D eigenvalue weighted by Gasteiger charge is -1.92. The molecule has 2 aromatic heterocycles. The third-order valence-electron chi connectivity index (χ3n) is 3.08. The summed E-state index contributed by atoms with van der Waals surface area (Å²) in [5.74, 6) is 0. The minimum absolute atomic E-state index is 0. The molecule has 0 aliphatic carbocycles. The largest absolute Gasteiger partial charge is 1.00 e. The zero-order chi connectivity index (χ0) is 14.8. The molecule has 0 atom stereocenters. The van der Waals surface area contributed by atoms with E-state index in [4.69, 9.17) is 0 Å². The fraction of sp³-hybridized carbons (Fsp3) is 0.444. The van der Waals surface area contributed by atoms with Crippen molar-refractivity contribution in [1.82, 2.24) is 0 Å². The molecule has 0 spiro atoms. The molecule has 2 aromatic rings. The van der Waals surface area contributed by atoms with Crippen LogP contribution < -0.4 is 43.1 Å². The van der Waals surface area contributed by atoms with E-state index in [1.54, 1.807) is 0 Å². The number of halogens is 2. The fourth-order valence-electron chi connectivity index (χ4n) is 1.88. The van der Waals surface area contributed by atoms with Crippen LogP contribution in [0.2, 0.25) is 0 Å². The summed E-state index contributed by atoms with van der Waals surface area (Å²) in [7, 11) is 0. The van der Waals surface area contributed by atoms with Gasteiger partial charge in [0.1, 0.15) is 13.1 Å². The van der Waals surface area contributed by atoms with Crippen LogP contribution in [-0.4, -0.2) is 0 Å². The monoisotopic (exact) mass is 430 g/mol. The van der Waals surface area contributed by atoms with Crippen LogP contribution in [0.4, 0.5) is 0 Å². The molecule has 0 aromatic carbocycles. The summed E-state index contributed by atoms with van der Waals surface area (Å²) in [4.78, 5) is 0. The van der Waals surface area contributed by atoms with Crippen molar-refractivity contribution in [3.8, 4) is 0 Å². The predicted octanol–water partition coefficient (Wildman–Crippen LogP) is -2.61. The highest BCUT2D eigenvalue weighted by molar-refractivity contribution is 5.03. The van der Waals surface area contributed by atoms with Crippen LogP contribution in [0.25, 0.3) is 0 Å². The summed E-state index contributed by atoms with van der Waals surface area (Å²) < 4.78 is 4.40. The molecule has 0 aliphatic heterocycles. The van der Waals surface area contributed by atoms with Gasteiger partial charge in [-0.3, -0.25) is 0 Å². The lowest BCUT2D eigenvalue weighted by molar-refractivity contribution is -0.697. The molecular weight excluding hydrogens is 404 g/mol. The van der Waals surface area contributed by atoms with Crippen molar-refractivity contribution in [3.63, 3.8) is 0 Å². The van der Waals surface area contributed by atoms with E-state index in [-0.39, 0.29) is 34.0 Å². The van der Waals surface area contributed by atoms with Gasteiger partial charge in [-0.25, -0.2) is 9.13 Å². The van der Waals surface area contributed by atoms with Gasteiger partial charge in [-0.2, -0.15) is 0 Å². The Morgan fingerprint density at radius 3 is 1.14 bits per heavy atom. The number of aromatic nitrogens is 2. The van der Waals surface area contributed by atoms with E-state index >= 15 is 0 Å². The van der Waals surface area contributed by atoms with E-state index in [0.29, 0.717) is 0 Å². The second-order valence-electron chi connectivity index (χ2n) is 5.23. The van der Waals surface area contributed by atoms with E-state index in [2.05, 4.69) is 85.9 Å². The van der Waals surface area contributed by atoms with Crippen molar-refractivity contribution >= 4 is 0 Å². The van der Waals surface area contributed by atoms with Gasteiger partial charge >= 0.3 is 0 Å². The van der Waals surface area contributed by atoms with Crippen LogP contribution in [0.5, 0.6) is 0 Å². The summed E-state index contributed by atoms with van der Waals surface area (Å²) in [5, 5.41) is 0. The number of aryl methyl sites for hydroxylation is 4. The maximum absolute atomic E-state index is 2.20. The standard InChI is InChI=1S/2C9H14N.2BrH/c2*1-3-6-10-7-4-9(2)5-8-10;;/h2*4-5,7-8H,3,6H2,1-2H3;2*1H/q2*+1;;/p-2. The minimum atomic E-state index is 0. The van der Waals surface area contributed by atoms with Crippen molar-refractivity contribution in [2.24, 2.45) is 0 Å². The average Bonchev–Trinajstić information content (AvgIpc) is 2.45. The summed E-state index contributed by atoms with van der Waals surface area (Å²) in [6.45, 7) is 10.8. The smallest absolute Gasteiger partial charge is 0.169 e. The Balaban J connectivity index is 0. The number of nitrogens with zero attached hydrogens (tertiary/aromatic N) is 2. The Labute approximate surface area is 156 Å². The van der Waals surface area contributed by atoms with Gasteiger partial charge in [0.05, 0.1) is 0 Å². The highest BCUT2D eigenvalue weighted by Gasteiger charge is 1.95. The number of hydrogen-bond acceptors (Lipinski definition) is 0. The first kappa shape index (κ1) is 23.5. The highest BCUT2D eigenvalue weighted by Crippen LogP contribution is 1.90. The molecule has 4 heteroatoms.